The predicted molar refractivity (Wildman–Crippen MR) is 419 cm³/mol. The largest absolute Gasteiger partial charge is 0.481 e. The van der Waals surface area contributed by atoms with Crippen molar-refractivity contribution in [1.82, 2.24) is 74.0 Å². The van der Waals surface area contributed by atoms with E-state index in [9.17, 15) is 122 Å². The number of rotatable bonds is 52. The van der Waals surface area contributed by atoms with E-state index in [-0.39, 0.29) is 64.0 Å². The van der Waals surface area contributed by atoms with Crippen LogP contribution in [0.3, 0.4) is 0 Å². The zero-order valence-corrected chi connectivity index (χ0v) is 68.9. The van der Waals surface area contributed by atoms with E-state index in [1.54, 1.807) is 99.6 Å². The molecule has 0 aromatic heterocycles. The lowest BCUT2D eigenvalue weighted by molar-refractivity contribution is -0.147. The van der Waals surface area contributed by atoms with Gasteiger partial charge >= 0.3 is 23.9 Å². The van der Waals surface area contributed by atoms with Gasteiger partial charge in [0.15, 0.2) is 0 Å². The third-order valence-electron chi connectivity index (χ3n) is 19.4. The second kappa shape index (κ2) is 50.2. The number of carbonyl (C=O) groups is 18. The van der Waals surface area contributed by atoms with Crippen LogP contribution in [0.4, 0.5) is 0 Å². The predicted octanol–water partition coefficient (Wildman–Crippen LogP) is -4.65. The van der Waals surface area contributed by atoms with Crippen LogP contribution in [0.2, 0.25) is 0 Å². The van der Waals surface area contributed by atoms with Crippen LogP contribution in [0.5, 0.6) is 0 Å². The summed E-state index contributed by atoms with van der Waals surface area (Å²) in [6, 6.07) is -16.2. The maximum absolute atomic E-state index is 14.7. The molecule has 0 aliphatic carbocycles. The van der Waals surface area contributed by atoms with E-state index < -0.39 is 271 Å². The van der Waals surface area contributed by atoms with Gasteiger partial charge in [-0.3, -0.25) is 81.5 Å². The summed E-state index contributed by atoms with van der Waals surface area (Å²) >= 11 is 0. The molecule has 0 saturated carbocycles. The van der Waals surface area contributed by atoms with Crippen molar-refractivity contribution < 1.29 is 122 Å². The minimum Gasteiger partial charge on any atom is -0.481 e. The molecule has 41 heteroatoms. The second-order valence-electron chi connectivity index (χ2n) is 31.2. The highest BCUT2D eigenvalue weighted by molar-refractivity contribution is 6.02. The number of hydrogen-bond acceptors (Lipinski definition) is 23. The molecule has 1 saturated heterocycles. The number of aliphatic carboxylic acids is 4. The Bertz CT molecular complexity index is 3580. The molecule has 1 aliphatic heterocycles. The number of amides is 14. The van der Waals surface area contributed by atoms with Crippen LogP contribution < -0.4 is 80.6 Å². The normalized spacial score (nSPS) is 17.1. The molecule has 18 atom stereocenters. The number of aliphatic hydroxyl groups is 3. The van der Waals surface area contributed by atoms with Gasteiger partial charge in [0.25, 0.3) is 0 Å². The molecule has 0 radical (unpaired) electrons. The zero-order chi connectivity index (χ0) is 89.2. The number of nitrogens with one attached hydrogen (secondary N) is 13. The Morgan fingerprint density at radius 2 is 0.838 bits per heavy atom. The molecule has 658 valence electrons. The topological polar surface area (TPSA) is 661 Å². The van der Waals surface area contributed by atoms with E-state index in [1.807, 2.05) is 0 Å². The zero-order valence-electron chi connectivity index (χ0n) is 68.9. The van der Waals surface area contributed by atoms with Crippen molar-refractivity contribution in [2.45, 2.75) is 277 Å². The van der Waals surface area contributed by atoms with Crippen LogP contribution in [-0.4, -0.2) is 270 Å². The van der Waals surface area contributed by atoms with E-state index >= 15 is 0 Å². The highest BCUT2D eigenvalue weighted by atomic mass is 16.4. The molecule has 0 unspecified atom stereocenters. The van der Waals surface area contributed by atoms with Crippen molar-refractivity contribution in [2.75, 3.05) is 19.7 Å². The van der Waals surface area contributed by atoms with Gasteiger partial charge in [0.2, 0.25) is 82.7 Å². The molecule has 24 N–H and O–H groups in total. The Morgan fingerprint density at radius 1 is 0.436 bits per heavy atom. The monoisotopic (exact) mass is 1660 g/mol. The van der Waals surface area contributed by atoms with E-state index in [2.05, 4.69) is 69.1 Å². The van der Waals surface area contributed by atoms with Crippen LogP contribution in [0.25, 0.3) is 0 Å². The Hall–Kier alpha value is -10.5. The SMILES string of the molecule is CC[C@H](C)[C@H](NC(=O)[C@@H]1CCCN1C(=O)[C@H](CC(=O)O)NC(=O)[C@H](CO)NC(=O)[C@H](CC(=O)O)NC(=O)[C@H](Cc1ccccc1)NC(=O)[C@H](CC(C)C)NC(=O)[C@H](CCCCN)NC(=O)[C@@H](NC(=O)[C@@H](NC(=O)[C@@H](NC(=O)[C@H](CCC(=O)O)NC(=O)[C@@H](N)[C@@H](C)O)C(C)C)C(C)C)C(C)C)C(=O)N[C@H](C(=O)N[C@H](C(=O)O)C(C)C)[C@@H](C)O. The van der Waals surface area contributed by atoms with Crippen molar-refractivity contribution in [1.29, 1.82) is 0 Å². The van der Waals surface area contributed by atoms with Gasteiger partial charge in [-0.1, -0.05) is 120 Å². The smallest absolute Gasteiger partial charge is 0.326 e. The summed E-state index contributed by atoms with van der Waals surface area (Å²) < 4.78 is 0. The Kier molecular flexibility index (Phi) is 44.0. The fourth-order valence-electron chi connectivity index (χ4n) is 12.3. The Labute approximate surface area is 679 Å². The van der Waals surface area contributed by atoms with Crippen LogP contribution in [0.15, 0.2) is 30.3 Å². The standard InChI is InChI=1S/C76H124N16O25/c1-15-40(12)60(73(113)91-61(42(14)95)74(114)89-59(39(10)11)76(116)117)90-68(108)51-25-21-29-92(51)75(115)49(33-54(100)101)84-67(107)50(34-93)85-66(106)48(32-53(98)99)83-65(105)47(31-43-22-17-16-18-23-43)82-64(104)46(30-35(2)3)81-62(102)44(24-19-20-28-77)80-70(110)56(36(4)5)87-72(112)58(38(8)9)88-71(111)57(37(6)7)86-63(103)45(26-27-52(96)97)79-69(109)55(78)41(13)94/h16-18,22-23,35-42,44-51,55-61,93-95H,15,19-21,24-34,77-78H2,1-14H3,(H,79,109)(H,80,110)(H,81,102)(H,82,104)(H,83,105)(H,84,107)(H,85,106)(H,86,103)(H,87,112)(H,88,111)(H,89,114)(H,90,108)(H,91,113)(H,96,97)(H,98,99)(H,100,101)(H,116,117)/t40-,41+,42+,44-,45-,46-,47-,48-,49-,50-,51-,55-,56-,57-,58-,59-,60-,61-/m0/s1. The number of unbranched alkanes of at least 4 members (excludes halogenated alkanes) is 1. The number of benzene rings is 1. The first kappa shape index (κ1) is 103. The van der Waals surface area contributed by atoms with E-state index in [0.29, 0.717) is 12.0 Å². The van der Waals surface area contributed by atoms with Crippen molar-refractivity contribution >= 4 is 107 Å². The average molecular weight is 1660 g/mol. The maximum atomic E-state index is 14.7. The quantitative estimate of drug-likeness (QED) is 0.0273. The number of likely N-dealkylation sites (tertiary alicyclic amines) is 1. The number of hydrogen-bond donors (Lipinski definition) is 22. The summed E-state index contributed by atoms with van der Waals surface area (Å²) in [4.78, 5) is 246. The summed E-state index contributed by atoms with van der Waals surface area (Å²) in [7, 11) is 0. The number of nitrogens with two attached hydrogens (primary N) is 2. The van der Waals surface area contributed by atoms with Crippen molar-refractivity contribution in [3.8, 4) is 0 Å². The van der Waals surface area contributed by atoms with Gasteiger partial charge in [-0.25, -0.2) is 4.79 Å². The van der Waals surface area contributed by atoms with Crippen LogP contribution in [-0.2, 0) is 92.7 Å². The van der Waals surface area contributed by atoms with Crippen LogP contribution in [0, 0.1) is 35.5 Å². The molecule has 117 heavy (non-hydrogen) atoms. The molecular weight excluding hydrogens is 1540 g/mol. The molecule has 0 spiro atoms. The third-order valence-corrected chi connectivity index (χ3v) is 19.4. The first-order valence-electron chi connectivity index (χ1n) is 39.2. The number of aliphatic hydroxyl groups excluding tert-OH is 3. The Balaban J connectivity index is 2.50. The van der Waals surface area contributed by atoms with Crippen LogP contribution >= 0.6 is 0 Å². The van der Waals surface area contributed by atoms with Gasteiger partial charge in [0.05, 0.1) is 31.7 Å². The van der Waals surface area contributed by atoms with Gasteiger partial charge in [0.1, 0.15) is 90.6 Å². The van der Waals surface area contributed by atoms with Crippen molar-refractivity contribution in [2.24, 2.45) is 47.0 Å². The molecule has 1 aromatic carbocycles. The van der Waals surface area contributed by atoms with Gasteiger partial charge in [0, 0.05) is 19.4 Å². The average Bonchev–Trinajstić information content (AvgIpc) is 1.74. The fourth-order valence-corrected chi connectivity index (χ4v) is 12.3. The molecule has 1 fully saturated rings. The van der Waals surface area contributed by atoms with Crippen molar-refractivity contribution in [3.05, 3.63) is 35.9 Å². The number of carboxylic acids is 4. The highest BCUT2D eigenvalue weighted by Gasteiger charge is 2.44. The minimum atomic E-state index is -2.13. The van der Waals surface area contributed by atoms with Gasteiger partial charge in [-0.2, -0.15) is 0 Å². The van der Waals surface area contributed by atoms with Crippen LogP contribution in [0.1, 0.15) is 173 Å². The molecule has 14 amide bonds. The minimum absolute atomic E-state index is 0.0609. The van der Waals surface area contributed by atoms with E-state index in [4.69, 9.17) is 11.5 Å². The molecular formula is C76H124N16O25. The molecule has 1 aromatic rings. The number of carboxylic acid groups (broad SMARTS) is 4. The molecule has 1 heterocycles. The van der Waals surface area contributed by atoms with E-state index in [0.717, 1.165) is 11.8 Å². The van der Waals surface area contributed by atoms with E-state index in [1.165, 1.54) is 20.8 Å². The molecule has 2 rings (SSSR count). The van der Waals surface area contributed by atoms with Gasteiger partial charge < -0.3 is 121 Å². The molecule has 41 nitrogen and oxygen atoms in total. The molecule has 1 aliphatic rings. The van der Waals surface area contributed by atoms with Gasteiger partial charge in [-0.05, 0) is 106 Å². The lowest BCUT2D eigenvalue weighted by Gasteiger charge is -2.32. The summed E-state index contributed by atoms with van der Waals surface area (Å²) in [5, 5.41) is 102. The first-order chi connectivity index (χ1) is 54.6. The number of carbonyl (C=O) groups excluding carboxylic acids is 14. The third kappa shape index (κ3) is 34.3. The lowest BCUT2D eigenvalue weighted by atomic mass is 9.96. The van der Waals surface area contributed by atoms with Crippen molar-refractivity contribution in [3.63, 3.8) is 0 Å². The number of nitrogens with zero attached hydrogens (tertiary/aromatic N) is 1. The summed E-state index contributed by atoms with van der Waals surface area (Å²) in [5.41, 5.74) is 12.0. The summed E-state index contributed by atoms with van der Waals surface area (Å²) in [5.74, 6) is -24.5. The van der Waals surface area contributed by atoms with Gasteiger partial charge in [-0.15, -0.1) is 0 Å². The maximum Gasteiger partial charge on any atom is 0.326 e. The first-order valence-corrected chi connectivity index (χ1v) is 39.2. The Morgan fingerprint density at radius 3 is 1.32 bits per heavy atom. The highest BCUT2D eigenvalue weighted by Crippen LogP contribution is 2.22. The lowest BCUT2D eigenvalue weighted by Crippen LogP contribution is -2.62. The summed E-state index contributed by atoms with van der Waals surface area (Å²) in [6.07, 6.45) is -5.99. The molecule has 0 bridgehead atoms. The second-order valence-corrected chi connectivity index (χ2v) is 31.2. The summed E-state index contributed by atoms with van der Waals surface area (Å²) in [6.45, 7) is 20.1. The fraction of sp³-hybridized carbons (Fsp3) is 0.684.